The smallest absolute Gasteiger partial charge is 0.322 e. The van der Waals surface area contributed by atoms with Gasteiger partial charge in [0.2, 0.25) is 0 Å². The van der Waals surface area contributed by atoms with Gasteiger partial charge in [0.25, 0.3) is 0 Å². The van der Waals surface area contributed by atoms with Crippen LogP contribution >= 0.6 is 0 Å². The number of carbonyl (C=O) groups is 1. The molecule has 0 radical (unpaired) electrons. The molecule has 4 N–H and O–H groups in total. The average molecular weight is 160 g/mol. The van der Waals surface area contributed by atoms with Crippen LogP contribution in [-0.4, -0.2) is 23.8 Å². The highest BCUT2D eigenvalue weighted by molar-refractivity contribution is 5.69. The van der Waals surface area contributed by atoms with Crippen molar-refractivity contribution in [3.05, 3.63) is 12.5 Å². The molecular weight excluding hydrogens is 148 g/mol. The van der Waals surface area contributed by atoms with Crippen molar-refractivity contribution in [1.82, 2.24) is 5.32 Å². The molecule has 0 aliphatic rings. The zero-order valence-corrected chi connectivity index (χ0v) is 6.33. The van der Waals surface area contributed by atoms with Gasteiger partial charge in [0.15, 0.2) is 5.88 Å². The third kappa shape index (κ3) is 6.66. The second kappa shape index (κ2) is 4.56. The zero-order valence-electron chi connectivity index (χ0n) is 6.33. The maximum absolute atomic E-state index is 10.00. The van der Waals surface area contributed by atoms with E-state index in [0.717, 1.165) is 0 Å². The number of hydrogen-bond acceptors (Lipinski definition) is 4. The summed E-state index contributed by atoms with van der Waals surface area (Å²) in [6.07, 6.45) is -0.483. The molecule has 0 saturated heterocycles. The molecule has 11 heavy (non-hydrogen) atoms. The molecule has 0 spiro atoms. The lowest BCUT2D eigenvalue weighted by Gasteiger charge is -2.12. The minimum absolute atomic E-state index is 0.169. The van der Waals surface area contributed by atoms with Gasteiger partial charge < -0.3 is 15.2 Å². The van der Waals surface area contributed by atoms with Crippen LogP contribution in [0.5, 0.6) is 0 Å². The van der Waals surface area contributed by atoms with Crippen LogP contribution in [0.15, 0.2) is 12.5 Å². The fourth-order valence-corrected chi connectivity index (χ4v) is 0.440. The molecule has 0 aromatic heterocycles. The molecule has 64 valence electrons. The van der Waals surface area contributed by atoms with E-state index in [0.29, 0.717) is 0 Å². The third-order valence-corrected chi connectivity index (χ3v) is 0.765. The topological polar surface area (TPSA) is 84.6 Å². The molecule has 0 saturated carbocycles. The van der Waals surface area contributed by atoms with Crippen molar-refractivity contribution in [3.63, 3.8) is 0 Å². The summed E-state index contributed by atoms with van der Waals surface area (Å²) in [6.45, 7) is 4.79. The first-order valence-electron chi connectivity index (χ1n) is 3.09. The number of carboxylic acids is 1. The van der Waals surface area contributed by atoms with Crippen LogP contribution in [0.3, 0.4) is 0 Å². The van der Waals surface area contributed by atoms with E-state index >= 15 is 0 Å². The van der Waals surface area contributed by atoms with Gasteiger partial charge in [-0.3, -0.25) is 10.5 Å². The van der Waals surface area contributed by atoms with E-state index in [2.05, 4.69) is 11.9 Å². The molecule has 0 fully saturated rings. The predicted molar refractivity (Wildman–Crippen MR) is 39.5 cm³/mol. The average Bonchev–Trinajstić information content (AvgIpc) is 1.82. The van der Waals surface area contributed by atoms with Crippen LogP contribution < -0.4 is 11.1 Å². The maximum atomic E-state index is 10.00. The zero-order chi connectivity index (χ0) is 8.85. The summed E-state index contributed by atoms with van der Waals surface area (Å²) < 4.78 is 4.81. The standard InChI is InChI=1S/C6H12N2O3/c1-4(7)11-5(2)8-3-6(9)10/h4,8H,2-3,7H2,1H3,(H,9,10). The van der Waals surface area contributed by atoms with Crippen molar-refractivity contribution in [3.8, 4) is 0 Å². The fraction of sp³-hybridized carbons (Fsp3) is 0.500. The number of aliphatic carboxylic acids is 1. The van der Waals surface area contributed by atoms with Crippen LogP contribution in [0, 0.1) is 0 Å². The lowest BCUT2D eigenvalue weighted by atomic mass is 10.6. The summed E-state index contributed by atoms with van der Waals surface area (Å²) in [5.41, 5.74) is 5.23. The van der Waals surface area contributed by atoms with Gasteiger partial charge in [0.1, 0.15) is 12.8 Å². The summed E-state index contributed by atoms with van der Waals surface area (Å²) >= 11 is 0. The van der Waals surface area contributed by atoms with Gasteiger partial charge in [-0.25, -0.2) is 0 Å². The molecule has 0 rings (SSSR count). The second-order valence-electron chi connectivity index (χ2n) is 1.99. The van der Waals surface area contributed by atoms with Crippen LogP contribution in [0.25, 0.3) is 0 Å². The Balaban J connectivity index is 3.45. The molecule has 0 aromatic carbocycles. The lowest BCUT2D eigenvalue weighted by molar-refractivity contribution is -0.136. The van der Waals surface area contributed by atoms with Gasteiger partial charge in [-0.2, -0.15) is 0 Å². The van der Waals surface area contributed by atoms with E-state index in [-0.39, 0.29) is 12.4 Å². The maximum Gasteiger partial charge on any atom is 0.322 e. The largest absolute Gasteiger partial charge is 0.480 e. The molecule has 0 aliphatic heterocycles. The van der Waals surface area contributed by atoms with Crippen molar-refractivity contribution in [2.75, 3.05) is 6.54 Å². The Hall–Kier alpha value is -1.23. The number of carboxylic acid groups (broad SMARTS) is 1. The summed E-state index contributed by atoms with van der Waals surface area (Å²) in [6, 6.07) is 0. The molecule has 0 heterocycles. The van der Waals surface area contributed by atoms with Gasteiger partial charge >= 0.3 is 5.97 Å². The van der Waals surface area contributed by atoms with Crippen LogP contribution in [0.2, 0.25) is 0 Å². The Bertz CT molecular complexity index is 156. The lowest BCUT2D eigenvalue weighted by Crippen LogP contribution is -2.28. The Morgan fingerprint density at radius 3 is 2.82 bits per heavy atom. The van der Waals surface area contributed by atoms with Gasteiger partial charge in [-0.1, -0.05) is 0 Å². The van der Waals surface area contributed by atoms with E-state index in [4.69, 9.17) is 15.6 Å². The normalized spacial score (nSPS) is 11.8. The molecule has 0 amide bonds. The predicted octanol–water partition coefficient (Wildman–Crippen LogP) is -0.547. The third-order valence-electron chi connectivity index (χ3n) is 0.765. The number of hydrogen-bond donors (Lipinski definition) is 3. The number of nitrogens with two attached hydrogens (primary N) is 1. The minimum Gasteiger partial charge on any atom is -0.480 e. The van der Waals surface area contributed by atoms with Crippen molar-refractivity contribution in [1.29, 1.82) is 0 Å². The highest BCUT2D eigenvalue weighted by atomic mass is 16.5. The van der Waals surface area contributed by atoms with Crippen molar-refractivity contribution < 1.29 is 14.6 Å². The Morgan fingerprint density at radius 2 is 2.45 bits per heavy atom. The minimum atomic E-state index is -0.973. The van der Waals surface area contributed by atoms with E-state index in [1.165, 1.54) is 0 Å². The Morgan fingerprint density at radius 1 is 1.91 bits per heavy atom. The van der Waals surface area contributed by atoms with Crippen molar-refractivity contribution in [2.45, 2.75) is 13.2 Å². The molecule has 5 nitrogen and oxygen atoms in total. The van der Waals surface area contributed by atoms with Crippen LogP contribution in [0.4, 0.5) is 0 Å². The SMILES string of the molecule is C=C(NCC(=O)O)OC(C)N. The van der Waals surface area contributed by atoms with Crippen molar-refractivity contribution in [2.24, 2.45) is 5.73 Å². The molecule has 0 aromatic rings. The van der Waals surface area contributed by atoms with E-state index in [1.807, 2.05) is 0 Å². The molecule has 0 aliphatic carbocycles. The molecular formula is C6H12N2O3. The van der Waals surface area contributed by atoms with Gasteiger partial charge in [0, 0.05) is 0 Å². The summed E-state index contributed by atoms with van der Waals surface area (Å²) in [5.74, 6) is -0.804. The molecule has 1 atom stereocenters. The summed E-state index contributed by atoms with van der Waals surface area (Å²) in [7, 11) is 0. The Labute approximate surface area is 64.8 Å². The van der Waals surface area contributed by atoms with Crippen LogP contribution in [0.1, 0.15) is 6.92 Å². The van der Waals surface area contributed by atoms with Gasteiger partial charge in [0.05, 0.1) is 0 Å². The van der Waals surface area contributed by atoms with E-state index in [1.54, 1.807) is 6.92 Å². The molecule has 0 bridgehead atoms. The Kier molecular flexibility index (Phi) is 4.05. The first kappa shape index (κ1) is 9.77. The quantitative estimate of drug-likeness (QED) is 0.371. The number of ether oxygens (including phenoxy) is 1. The van der Waals surface area contributed by atoms with E-state index in [9.17, 15) is 4.79 Å². The first-order valence-corrected chi connectivity index (χ1v) is 3.09. The monoisotopic (exact) mass is 160 g/mol. The number of rotatable bonds is 5. The highest BCUT2D eigenvalue weighted by Gasteiger charge is 1.99. The summed E-state index contributed by atoms with van der Waals surface area (Å²) in [4.78, 5) is 10.00. The van der Waals surface area contributed by atoms with Crippen LogP contribution in [-0.2, 0) is 9.53 Å². The van der Waals surface area contributed by atoms with E-state index < -0.39 is 12.2 Å². The van der Waals surface area contributed by atoms with Crippen molar-refractivity contribution >= 4 is 5.97 Å². The second-order valence-corrected chi connectivity index (χ2v) is 1.99. The first-order chi connectivity index (χ1) is 5.02. The number of nitrogens with one attached hydrogen (secondary N) is 1. The fourth-order valence-electron chi connectivity index (χ4n) is 0.440. The molecule has 1 unspecified atom stereocenters. The summed E-state index contributed by atoms with van der Waals surface area (Å²) in [5, 5.41) is 10.6. The highest BCUT2D eigenvalue weighted by Crippen LogP contribution is 1.89. The molecule has 5 heteroatoms. The van der Waals surface area contributed by atoms with Gasteiger partial charge in [-0.15, -0.1) is 0 Å². The van der Waals surface area contributed by atoms with Gasteiger partial charge in [-0.05, 0) is 13.5 Å².